The minimum atomic E-state index is -3.74. The van der Waals surface area contributed by atoms with E-state index in [1.54, 1.807) is 12.1 Å². The van der Waals surface area contributed by atoms with Crippen molar-refractivity contribution in [3.63, 3.8) is 0 Å². The van der Waals surface area contributed by atoms with Gasteiger partial charge in [0.05, 0.1) is 12.8 Å². The molecule has 2 aliphatic heterocycles. The first kappa shape index (κ1) is 21.7. The fourth-order valence-electron chi connectivity index (χ4n) is 3.85. The van der Waals surface area contributed by atoms with Crippen LogP contribution < -0.4 is 19.1 Å². The smallest absolute Gasteiger partial charge is 0.246 e. The summed E-state index contributed by atoms with van der Waals surface area (Å²) in [7, 11) is -2.31. The number of halogens is 1. The molecule has 2 aromatic carbocycles. The number of benzene rings is 2. The number of aromatic nitrogens is 2. The molecule has 172 valence electrons. The molecule has 5 rings (SSSR count). The van der Waals surface area contributed by atoms with E-state index >= 15 is 0 Å². The fourth-order valence-corrected chi connectivity index (χ4v) is 5.69. The first-order chi connectivity index (χ1) is 16.0. The van der Waals surface area contributed by atoms with Crippen LogP contribution in [0.2, 0.25) is 5.02 Å². The molecule has 0 bridgehead atoms. The summed E-state index contributed by atoms with van der Waals surface area (Å²) in [6.07, 6.45) is 0. The Labute approximate surface area is 196 Å². The largest absolute Gasteiger partial charge is 0.495 e. The lowest BCUT2D eigenvalue weighted by atomic mass is 10.1. The third-order valence-corrected chi connectivity index (χ3v) is 7.78. The van der Waals surface area contributed by atoms with Crippen LogP contribution in [0.1, 0.15) is 0 Å². The normalized spacial score (nSPS) is 16.1. The van der Waals surface area contributed by atoms with Gasteiger partial charge < -0.3 is 19.1 Å². The molecule has 1 fully saturated rings. The Morgan fingerprint density at radius 3 is 2.45 bits per heavy atom. The van der Waals surface area contributed by atoms with Gasteiger partial charge in [0.15, 0.2) is 17.3 Å². The van der Waals surface area contributed by atoms with E-state index in [-0.39, 0.29) is 17.4 Å². The second-order valence-electron chi connectivity index (χ2n) is 7.53. The number of fused-ring (bicyclic) bond motifs is 1. The zero-order valence-electron chi connectivity index (χ0n) is 17.8. The van der Waals surface area contributed by atoms with Crippen molar-refractivity contribution in [2.45, 2.75) is 4.90 Å². The van der Waals surface area contributed by atoms with Gasteiger partial charge in [-0.05, 0) is 48.5 Å². The van der Waals surface area contributed by atoms with Gasteiger partial charge in [0.25, 0.3) is 0 Å². The van der Waals surface area contributed by atoms with Crippen LogP contribution in [-0.2, 0) is 10.0 Å². The molecule has 1 aromatic heterocycles. The summed E-state index contributed by atoms with van der Waals surface area (Å²) >= 11 is 6.03. The third kappa shape index (κ3) is 4.17. The molecule has 3 heterocycles. The molecule has 0 spiro atoms. The summed E-state index contributed by atoms with van der Waals surface area (Å²) in [5, 5.41) is 9.04. The van der Waals surface area contributed by atoms with Crippen LogP contribution in [-0.4, -0.2) is 63.0 Å². The minimum Gasteiger partial charge on any atom is -0.495 e. The predicted molar refractivity (Wildman–Crippen MR) is 123 cm³/mol. The number of ether oxygens (including phenoxy) is 3. The molecule has 0 amide bonds. The summed E-state index contributed by atoms with van der Waals surface area (Å²) in [5.41, 5.74) is 1.59. The molecule has 1 saturated heterocycles. The lowest BCUT2D eigenvalue weighted by Gasteiger charge is -2.34. The van der Waals surface area contributed by atoms with E-state index in [0.29, 0.717) is 54.2 Å². The number of hydrogen-bond acceptors (Lipinski definition) is 8. The van der Waals surface area contributed by atoms with Crippen LogP contribution in [0.3, 0.4) is 0 Å². The fraction of sp³-hybridized carbons (Fsp3) is 0.273. The van der Waals surface area contributed by atoms with Crippen molar-refractivity contribution in [3.05, 3.63) is 53.6 Å². The van der Waals surface area contributed by atoms with Crippen LogP contribution in [0.4, 0.5) is 5.82 Å². The Kier molecular flexibility index (Phi) is 5.73. The molecule has 11 heteroatoms. The van der Waals surface area contributed by atoms with Crippen molar-refractivity contribution < 1.29 is 22.6 Å². The highest BCUT2D eigenvalue weighted by atomic mass is 35.5. The quantitative estimate of drug-likeness (QED) is 0.541. The number of rotatable bonds is 5. The lowest BCUT2D eigenvalue weighted by molar-refractivity contribution is 0.174. The van der Waals surface area contributed by atoms with Gasteiger partial charge in [-0.3, -0.25) is 0 Å². The second-order valence-corrected chi connectivity index (χ2v) is 9.87. The van der Waals surface area contributed by atoms with E-state index < -0.39 is 10.0 Å². The summed E-state index contributed by atoms with van der Waals surface area (Å²) in [6, 6.07) is 14.0. The van der Waals surface area contributed by atoms with Gasteiger partial charge >= 0.3 is 0 Å². The summed E-state index contributed by atoms with van der Waals surface area (Å²) in [5.74, 6) is 2.36. The first-order valence-corrected chi connectivity index (χ1v) is 12.1. The molecule has 9 nitrogen and oxygen atoms in total. The summed E-state index contributed by atoms with van der Waals surface area (Å²) in [4.78, 5) is 2.08. The van der Waals surface area contributed by atoms with Crippen molar-refractivity contribution in [2.24, 2.45) is 0 Å². The molecular weight excluding hydrogens is 468 g/mol. The topological polar surface area (TPSA) is 94.1 Å². The third-order valence-electron chi connectivity index (χ3n) is 5.62. The van der Waals surface area contributed by atoms with Crippen molar-refractivity contribution in [2.75, 3.05) is 45.0 Å². The van der Waals surface area contributed by atoms with Gasteiger partial charge in [-0.25, -0.2) is 8.42 Å². The maximum Gasteiger partial charge on any atom is 0.246 e. The highest BCUT2D eigenvalue weighted by molar-refractivity contribution is 7.89. The second kappa shape index (κ2) is 8.69. The Morgan fingerprint density at radius 2 is 1.73 bits per heavy atom. The summed E-state index contributed by atoms with van der Waals surface area (Å²) in [6.45, 7) is 1.81. The van der Waals surface area contributed by atoms with Gasteiger partial charge in [-0.1, -0.05) is 11.6 Å². The SMILES string of the molecule is COc1ccc(Cl)cc1S(=O)(=O)N1CCN(c2ccc(-c3ccc4c(c3)OCO4)nn2)CC1. The molecular formula is C22H21ClN4O5S. The predicted octanol–water partition coefficient (Wildman–Crippen LogP) is 3.05. The Hall–Kier alpha value is -3.08. The van der Waals surface area contributed by atoms with Gasteiger partial charge in [-0.15, -0.1) is 10.2 Å². The van der Waals surface area contributed by atoms with E-state index in [2.05, 4.69) is 10.2 Å². The number of methoxy groups -OCH3 is 1. The minimum absolute atomic E-state index is 0.0684. The Morgan fingerprint density at radius 1 is 0.939 bits per heavy atom. The zero-order valence-corrected chi connectivity index (χ0v) is 19.3. The highest BCUT2D eigenvalue weighted by Crippen LogP contribution is 2.35. The number of anilines is 1. The molecule has 0 radical (unpaired) electrons. The van der Waals surface area contributed by atoms with Gasteiger partial charge in [0.2, 0.25) is 16.8 Å². The van der Waals surface area contributed by atoms with Gasteiger partial charge in [0, 0.05) is 36.8 Å². The summed E-state index contributed by atoms with van der Waals surface area (Å²) < 4.78 is 43.8. The van der Waals surface area contributed by atoms with Crippen molar-refractivity contribution in [1.82, 2.24) is 14.5 Å². The van der Waals surface area contributed by atoms with Gasteiger partial charge in [-0.2, -0.15) is 4.31 Å². The number of piperazine rings is 1. The van der Waals surface area contributed by atoms with Crippen molar-refractivity contribution >= 4 is 27.4 Å². The molecule has 3 aromatic rings. The lowest BCUT2D eigenvalue weighted by Crippen LogP contribution is -2.49. The van der Waals surface area contributed by atoms with Crippen molar-refractivity contribution in [3.8, 4) is 28.5 Å². The monoisotopic (exact) mass is 488 g/mol. The van der Waals surface area contributed by atoms with Crippen LogP contribution in [0, 0.1) is 0 Å². The maximum absolute atomic E-state index is 13.2. The van der Waals surface area contributed by atoms with Crippen LogP contribution in [0.25, 0.3) is 11.3 Å². The number of sulfonamides is 1. The first-order valence-electron chi connectivity index (χ1n) is 10.3. The van der Waals surface area contributed by atoms with E-state index in [0.717, 1.165) is 5.56 Å². The molecule has 2 aliphatic rings. The maximum atomic E-state index is 13.2. The van der Waals surface area contributed by atoms with Gasteiger partial charge in [0.1, 0.15) is 10.6 Å². The molecule has 0 unspecified atom stereocenters. The van der Waals surface area contributed by atoms with Crippen LogP contribution in [0.15, 0.2) is 53.4 Å². The Bertz CT molecular complexity index is 1280. The van der Waals surface area contributed by atoms with Crippen LogP contribution in [0.5, 0.6) is 17.2 Å². The molecule has 0 saturated carbocycles. The zero-order chi connectivity index (χ0) is 23.0. The highest BCUT2D eigenvalue weighted by Gasteiger charge is 2.31. The van der Waals surface area contributed by atoms with Crippen molar-refractivity contribution in [1.29, 1.82) is 0 Å². The molecule has 0 N–H and O–H groups in total. The molecule has 0 atom stereocenters. The van der Waals surface area contributed by atoms with E-state index in [1.165, 1.54) is 17.5 Å². The standard InChI is InChI=1S/C22H21ClN4O5S/c1-30-19-6-3-16(23)13-21(19)33(28,29)27-10-8-26(9-11-27)22-7-4-17(24-25-22)15-2-5-18-20(12-15)32-14-31-18/h2-7,12-13H,8-11,14H2,1H3. The average Bonchev–Trinajstić information content (AvgIpc) is 3.32. The number of hydrogen-bond donors (Lipinski definition) is 0. The van der Waals surface area contributed by atoms with Crippen LogP contribution >= 0.6 is 11.6 Å². The van der Waals surface area contributed by atoms with E-state index in [1.807, 2.05) is 35.2 Å². The van der Waals surface area contributed by atoms with E-state index in [9.17, 15) is 8.42 Å². The van der Waals surface area contributed by atoms with E-state index in [4.69, 9.17) is 25.8 Å². The Balaban J connectivity index is 1.28. The molecule has 0 aliphatic carbocycles. The average molecular weight is 489 g/mol. The molecule has 33 heavy (non-hydrogen) atoms. The number of nitrogens with zero attached hydrogens (tertiary/aromatic N) is 4.